The summed E-state index contributed by atoms with van der Waals surface area (Å²) in [5.74, 6) is 0.231. The summed E-state index contributed by atoms with van der Waals surface area (Å²) in [7, 11) is 0. The molecule has 0 aliphatic heterocycles. The summed E-state index contributed by atoms with van der Waals surface area (Å²) in [5.41, 5.74) is 1.39. The summed E-state index contributed by atoms with van der Waals surface area (Å²) >= 11 is 0. The molecule has 0 aromatic heterocycles. The lowest BCUT2D eigenvalue weighted by molar-refractivity contribution is -0.118. The Labute approximate surface area is 94.4 Å². The van der Waals surface area contributed by atoms with Crippen molar-refractivity contribution in [3.05, 3.63) is 42.0 Å². The molecule has 1 atom stereocenters. The van der Waals surface area contributed by atoms with Crippen LogP contribution in [0.2, 0.25) is 0 Å². The maximum absolute atomic E-state index is 11.3. The molecule has 2 rings (SSSR count). The number of carbonyl (C=O) groups excluding carboxylic acids is 1. The third kappa shape index (κ3) is 2.29. The molecule has 1 unspecified atom stereocenters. The first kappa shape index (κ1) is 10.4. The van der Waals surface area contributed by atoms with Gasteiger partial charge in [0.2, 0.25) is 0 Å². The lowest BCUT2D eigenvalue weighted by Gasteiger charge is -2.19. The number of anilines is 1. The minimum Gasteiger partial charge on any atom is -0.377 e. The minimum absolute atomic E-state index is 0.00995. The molecule has 1 N–H and O–H groups in total. The molecule has 0 spiro atoms. The number of carbonyl (C=O) groups is 1. The summed E-state index contributed by atoms with van der Waals surface area (Å²) in [6.07, 6.45) is 4.88. The van der Waals surface area contributed by atoms with E-state index in [-0.39, 0.29) is 11.8 Å². The molecule has 1 aromatic carbocycles. The lowest BCUT2D eigenvalue weighted by Crippen LogP contribution is -2.23. The zero-order valence-corrected chi connectivity index (χ0v) is 8.81. The van der Waals surface area contributed by atoms with Crippen molar-refractivity contribution < 1.29 is 4.79 Å². The highest BCUT2D eigenvalue weighted by Crippen LogP contribution is 2.18. The van der Waals surface area contributed by atoms with Crippen molar-refractivity contribution in [3.8, 4) is 6.07 Å². The Kier molecular flexibility index (Phi) is 3.02. The van der Waals surface area contributed by atoms with Crippen molar-refractivity contribution in [2.45, 2.75) is 18.9 Å². The fourth-order valence-corrected chi connectivity index (χ4v) is 1.77. The van der Waals surface area contributed by atoms with Gasteiger partial charge in [0, 0.05) is 12.8 Å². The van der Waals surface area contributed by atoms with Gasteiger partial charge in [-0.05, 0) is 12.1 Å². The third-order valence-corrected chi connectivity index (χ3v) is 2.55. The number of nitrogens with one attached hydrogen (secondary N) is 1. The smallest absolute Gasteiger partial charge is 0.139 e. The maximum atomic E-state index is 11.3. The van der Waals surface area contributed by atoms with Crippen molar-refractivity contribution in [2.24, 2.45) is 0 Å². The van der Waals surface area contributed by atoms with Crippen LogP contribution in [0.15, 0.2) is 36.4 Å². The molecule has 0 radical (unpaired) electrons. The highest BCUT2D eigenvalue weighted by atomic mass is 16.1. The van der Waals surface area contributed by atoms with E-state index in [9.17, 15) is 4.79 Å². The van der Waals surface area contributed by atoms with Crippen LogP contribution in [0.1, 0.15) is 18.4 Å². The summed E-state index contributed by atoms with van der Waals surface area (Å²) in [4.78, 5) is 11.3. The normalized spacial score (nSPS) is 19.2. The molecule has 1 aliphatic rings. The van der Waals surface area contributed by atoms with Gasteiger partial charge in [0.1, 0.15) is 11.9 Å². The molecule has 0 heterocycles. The van der Waals surface area contributed by atoms with Crippen molar-refractivity contribution in [3.63, 3.8) is 0 Å². The van der Waals surface area contributed by atoms with Crippen LogP contribution < -0.4 is 5.32 Å². The van der Waals surface area contributed by atoms with Gasteiger partial charge in [-0.25, -0.2) is 0 Å². The van der Waals surface area contributed by atoms with E-state index in [2.05, 4.69) is 11.4 Å². The summed E-state index contributed by atoms with van der Waals surface area (Å²) < 4.78 is 0. The molecule has 0 amide bonds. The number of allylic oxidation sites excluding steroid dienone is 1. The molecule has 0 fully saturated rings. The Bertz CT molecular complexity index is 471. The lowest BCUT2D eigenvalue weighted by atomic mass is 10.0. The summed E-state index contributed by atoms with van der Waals surface area (Å²) in [5, 5.41) is 12.1. The van der Waals surface area contributed by atoms with Crippen LogP contribution in [0.3, 0.4) is 0 Å². The number of nitrogens with zero attached hydrogens (tertiary/aromatic N) is 1. The molecular weight excluding hydrogens is 200 g/mol. The average Bonchev–Trinajstić information content (AvgIpc) is 2.30. The van der Waals surface area contributed by atoms with Crippen molar-refractivity contribution in [2.75, 3.05) is 5.32 Å². The molecule has 80 valence electrons. The number of ketones is 1. The van der Waals surface area contributed by atoms with Crippen molar-refractivity contribution in [1.82, 2.24) is 0 Å². The van der Waals surface area contributed by atoms with Gasteiger partial charge >= 0.3 is 0 Å². The van der Waals surface area contributed by atoms with Crippen LogP contribution in [-0.2, 0) is 4.79 Å². The van der Waals surface area contributed by atoms with Gasteiger partial charge in [0.25, 0.3) is 0 Å². The van der Waals surface area contributed by atoms with E-state index in [1.54, 1.807) is 6.07 Å². The van der Waals surface area contributed by atoms with Gasteiger partial charge in [0.15, 0.2) is 0 Å². The number of hydrogen-bond donors (Lipinski definition) is 1. The Balaban J connectivity index is 2.15. The van der Waals surface area contributed by atoms with Gasteiger partial charge < -0.3 is 5.32 Å². The second-order valence-electron chi connectivity index (χ2n) is 3.78. The molecule has 1 aliphatic carbocycles. The minimum atomic E-state index is 0.00995. The van der Waals surface area contributed by atoms with Crippen LogP contribution >= 0.6 is 0 Å². The first-order valence-electron chi connectivity index (χ1n) is 5.23. The molecule has 16 heavy (non-hydrogen) atoms. The van der Waals surface area contributed by atoms with Gasteiger partial charge in [-0.3, -0.25) is 4.79 Å². The van der Waals surface area contributed by atoms with Gasteiger partial charge in [-0.1, -0.05) is 24.3 Å². The van der Waals surface area contributed by atoms with E-state index in [0.29, 0.717) is 18.4 Å². The van der Waals surface area contributed by atoms with Crippen LogP contribution in [0, 0.1) is 11.3 Å². The van der Waals surface area contributed by atoms with Crippen LogP contribution in [0.25, 0.3) is 0 Å². The topological polar surface area (TPSA) is 52.9 Å². The van der Waals surface area contributed by atoms with E-state index in [1.165, 1.54) is 0 Å². The van der Waals surface area contributed by atoms with Crippen LogP contribution in [0.4, 0.5) is 5.69 Å². The van der Waals surface area contributed by atoms with Gasteiger partial charge in [-0.15, -0.1) is 0 Å². The molecule has 0 saturated carbocycles. The van der Waals surface area contributed by atoms with Crippen LogP contribution in [0.5, 0.6) is 0 Å². The van der Waals surface area contributed by atoms with Crippen molar-refractivity contribution >= 4 is 11.5 Å². The zero-order valence-electron chi connectivity index (χ0n) is 8.81. The predicted molar refractivity (Wildman–Crippen MR) is 61.9 cm³/mol. The van der Waals surface area contributed by atoms with Gasteiger partial charge in [-0.2, -0.15) is 5.26 Å². The second kappa shape index (κ2) is 4.63. The summed E-state index contributed by atoms with van der Waals surface area (Å²) in [6.45, 7) is 0. The van der Waals surface area contributed by atoms with E-state index in [1.807, 2.05) is 30.4 Å². The Morgan fingerprint density at radius 1 is 1.38 bits per heavy atom. The van der Waals surface area contributed by atoms with E-state index < -0.39 is 0 Å². The molecule has 0 saturated heterocycles. The number of para-hydroxylation sites is 1. The number of Topliss-reactive ketones (excluding diaryl/α,β-unsaturated/α-hetero) is 1. The Hall–Kier alpha value is -2.08. The fourth-order valence-electron chi connectivity index (χ4n) is 1.77. The van der Waals surface area contributed by atoms with Gasteiger partial charge in [0.05, 0.1) is 17.3 Å². The standard InChI is InChI=1S/C13H12N2O/c14-9-10-4-1-2-7-13(10)15-11-5-3-6-12(16)8-11/h1-5,7,11,15H,6,8H2. The molecule has 1 aromatic rings. The average molecular weight is 212 g/mol. The number of hydrogen-bond acceptors (Lipinski definition) is 3. The number of rotatable bonds is 2. The largest absolute Gasteiger partial charge is 0.377 e. The Morgan fingerprint density at radius 2 is 2.19 bits per heavy atom. The number of benzene rings is 1. The second-order valence-corrected chi connectivity index (χ2v) is 3.78. The fraction of sp³-hybridized carbons (Fsp3) is 0.231. The number of nitriles is 1. The quantitative estimate of drug-likeness (QED) is 0.765. The molecular formula is C13H12N2O. The van der Waals surface area contributed by atoms with E-state index >= 15 is 0 Å². The molecule has 0 bridgehead atoms. The zero-order chi connectivity index (χ0) is 11.4. The summed E-state index contributed by atoms with van der Waals surface area (Å²) in [6, 6.07) is 9.45. The SMILES string of the molecule is N#Cc1ccccc1NC1C=CCC(=O)C1. The monoisotopic (exact) mass is 212 g/mol. The first-order chi connectivity index (χ1) is 7.79. The maximum Gasteiger partial charge on any atom is 0.139 e. The molecule has 3 heteroatoms. The van der Waals surface area contributed by atoms with E-state index in [0.717, 1.165) is 5.69 Å². The molecule has 3 nitrogen and oxygen atoms in total. The first-order valence-corrected chi connectivity index (χ1v) is 5.23. The van der Waals surface area contributed by atoms with Crippen molar-refractivity contribution in [1.29, 1.82) is 5.26 Å². The highest BCUT2D eigenvalue weighted by molar-refractivity contribution is 5.82. The van der Waals surface area contributed by atoms with Crippen LogP contribution in [-0.4, -0.2) is 11.8 Å². The Morgan fingerprint density at radius 3 is 2.94 bits per heavy atom. The predicted octanol–water partition coefficient (Wildman–Crippen LogP) is 2.26. The third-order valence-electron chi connectivity index (χ3n) is 2.55. The highest BCUT2D eigenvalue weighted by Gasteiger charge is 2.15. The van der Waals surface area contributed by atoms with E-state index in [4.69, 9.17) is 5.26 Å².